The first-order valence-corrected chi connectivity index (χ1v) is 6.44. The van der Waals surface area contributed by atoms with Gasteiger partial charge in [0.2, 0.25) is 0 Å². The second-order valence-electron chi connectivity index (χ2n) is 4.77. The summed E-state index contributed by atoms with van der Waals surface area (Å²) in [6.07, 6.45) is 3.24. The van der Waals surface area contributed by atoms with Gasteiger partial charge in [-0.2, -0.15) is 0 Å². The molecule has 0 saturated carbocycles. The van der Waals surface area contributed by atoms with E-state index in [4.69, 9.17) is 0 Å². The minimum atomic E-state index is 1.02. The van der Waals surface area contributed by atoms with Crippen LogP contribution in [-0.4, -0.2) is 37.6 Å². The molecule has 0 bridgehead atoms. The van der Waals surface area contributed by atoms with Crippen LogP contribution in [-0.2, 0) is 0 Å². The van der Waals surface area contributed by atoms with Crippen molar-refractivity contribution in [3.63, 3.8) is 0 Å². The van der Waals surface area contributed by atoms with E-state index in [0.717, 1.165) is 26.2 Å². The Hall–Kier alpha value is -1.28. The molecule has 0 amide bonds. The summed E-state index contributed by atoms with van der Waals surface area (Å²) in [5.41, 5.74) is 2.69. The number of nitrogens with zero attached hydrogens (tertiary/aromatic N) is 2. The third-order valence-corrected chi connectivity index (χ3v) is 3.37. The Morgan fingerprint density at radius 3 is 2.59 bits per heavy atom. The highest BCUT2D eigenvalue weighted by Crippen LogP contribution is 2.17. The minimum Gasteiger partial charge on any atom is -0.370 e. The molecule has 0 aromatic heterocycles. The largest absolute Gasteiger partial charge is 0.370 e. The molecule has 2 rings (SSSR count). The van der Waals surface area contributed by atoms with Crippen LogP contribution in [0.3, 0.4) is 0 Å². The van der Waals surface area contributed by atoms with Gasteiger partial charge in [-0.15, -0.1) is 6.58 Å². The van der Waals surface area contributed by atoms with E-state index >= 15 is 0 Å². The summed E-state index contributed by atoms with van der Waals surface area (Å²) in [6, 6.07) is 8.86. The molecule has 1 heterocycles. The first kappa shape index (κ1) is 12.2. The topological polar surface area (TPSA) is 6.48 Å². The Morgan fingerprint density at radius 1 is 1.12 bits per heavy atom. The maximum absolute atomic E-state index is 3.82. The van der Waals surface area contributed by atoms with Crippen LogP contribution >= 0.6 is 0 Å². The van der Waals surface area contributed by atoms with Gasteiger partial charge in [0, 0.05) is 38.4 Å². The van der Waals surface area contributed by atoms with Gasteiger partial charge in [0.15, 0.2) is 0 Å². The van der Waals surface area contributed by atoms with Crippen molar-refractivity contribution in [2.45, 2.75) is 13.3 Å². The molecule has 2 heteroatoms. The van der Waals surface area contributed by atoms with E-state index in [1.54, 1.807) is 0 Å². The predicted molar refractivity (Wildman–Crippen MR) is 74.6 cm³/mol. The number of hydrogen-bond acceptors (Lipinski definition) is 2. The van der Waals surface area contributed by atoms with Crippen molar-refractivity contribution < 1.29 is 0 Å². The SMILES string of the molecule is C=CCN1CCCN(c2ccc(C)cc2)CC1. The smallest absolute Gasteiger partial charge is 0.0366 e. The number of hydrogen-bond donors (Lipinski definition) is 0. The summed E-state index contributed by atoms with van der Waals surface area (Å²) in [4.78, 5) is 4.96. The van der Waals surface area contributed by atoms with Crippen molar-refractivity contribution >= 4 is 5.69 Å². The predicted octanol–water partition coefficient (Wildman–Crippen LogP) is 2.69. The normalized spacial score (nSPS) is 17.8. The molecule has 1 aliphatic rings. The number of anilines is 1. The first-order chi connectivity index (χ1) is 8.29. The molecule has 0 aliphatic carbocycles. The van der Waals surface area contributed by atoms with Crippen LogP contribution in [0.1, 0.15) is 12.0 Å². The Bertz CT molecular complexity index is 356. The third kappa shape index (κ3) is 3.34. The fourth-order valence-electron chi connectivity index (χ4n) is 2.35. The lowest BCUT2D eigenvalue weighted by Crippen LogP contribution is -2.30. The zero-order valence-electron chi connectivity index (χ0n) is 10.7. The summed E-state index contributed by atoms with van der Waals surface area (Å²) in [7, 11) is 0. The second-order valence-corrected chi connectivity index (χ2v) is 4.77. The van der Waals surface area contributed by atoms with Gasteiger partial charge in [-0.3, -0.25) is 4.90 Å². The van der Waals surface area contributed by atoms with Crippen LogP contribution in [0.25, 0.3) is 0 Å². The van der Waals surface area contributed by atoms with E-state index in [9.17, 15) is 0 Å². The highest BCUT2D eigenvalue weighted by atomic mass is 15.2. The van der Waals surface area contributed by atoms with Crippen molar-refractivity contribution in [2.24, 2.45) is 0 Å². The van der Waals surface area contributed by atoms with Crippen molar-refractivity contribution in [1.29, 1.82) is 0 Å². The lowest BCUT2D eigenvalue weighted by molar-refractivity contribution is 0.325. The van der Waals surface area contributed by atoms with Gasteiger partial charge in [-0.1, -0.05) is 23.8 Å². The van der Waals surface area contributed by atoms with Gasteiger partial charge in [0.05, 0.1) is 0 Å². The first-order valence-electron chi connectivity index (χ1n) is 6.44. The number of rotatable bonds is 3. The van der Waals surface area contributed by atoms with Crippen LogP contribution in [0.2, 0.25) is 0 Å². The summed E-state index contributed by atoms with van der Waals surface area (Å²) in [5.74, 6) is 0. The van der Waals surface area contributed by atoms with E-state index in [1.165, 1.54) is 24.2 Å². The molecule has 1 aromatic carbocycles. The monoisotopic (exact) mass is 230 g/mol. The van der Waals surface area contributed by atoms with Gasteiger partial charge in [0.25, 0.3) is 0 Å². The van der Waals surface area contributed by atoms with Gasteiger partial charge in [-0.05, 0) is 25.5 Å². The second kappa shape index (κ2) is 5.87. The molecule has 1 fully saturated rings. The average Bonchev–Trinajstić information content (AvgIpc) is 2.56. The van der Waals surface area contributed by atoms with Gasteiger partial charge >= 0.3 is 0 Å². The lowest BCUT2D eigenvalue weighted by atomic mass is 10.2. The Morgan fingerprint density at radius 2 is 1.88 bits per heavy atom. The van der Waals surface area contributed by atoms with Crippen LogP contribution in [0.15, 0.2) is 36.9 Å². The van der Waals surface area contributed by atoms with E-state index in [-0.39, 0.29) is 0 Å². The Kier molecular flexibility index (Phi) is 4.21. The molecule has 0 spiro atoms. The molecule has 92 valence electrons. The van der Waals surface area contributed by atoms with E-state index in [1.807, 2.05) is 6.08 Å². The third-order valence-electron chi connectivity index (χ3n) is 3.37. The lowest BCUT2D eigenvalue weighted by Gasteiger charge is -2.23. The fraction of sp³-hybridized carbons (Fsp3) is 0.467. The van der Waals surface area contributed by atoms with Gasteiger partial charge in [-0.25, -0.2) is 0 Å². The fourth-order valence-corrected chi connectivity index (χ4v) is 2.35. The molecule has 0 N–H and O–H groups in total. The zero-order chi connectivity index (χ0) is 12.1. The van der Waals surface area contributed by atoms with E-state index < -0.39 is 0 Å². The highest BCUT2D eigenvalue weighted by molar-refractivity contribution is 5.47. The summed E-state index contributed by atoms with van der Waals surface area (Å²) < 4.78 is 0. The Labute approximate surface area is 105 Å². The molecule has 1 aromatic rings. The van der Waals surface area contributed by atoms with Crippen molar-refractivity contribution in [3.8, 4) is 0 Å². The average molecular weight is 230 g/mol. The summed E-state index contributed by atoms with van der Waals surface area (Å²) in [5, 5.41) is 0. The van der Waals surface area contributed by atoms with Crippen LogP contribution in [0.5, 0.6) is 0 Å². The minimum absolute atomic E-state index is 1.02. The maximum Gasteiger partial charge on any atom is 0.0366 e. The zero-order valence-corrected chi connectivity index (χ0v) is 10.7. The van der Waals surface area contributed by atoms with Gasteiger partial charge in [0.1, 0.15) is 0 Å². The molecule has 17 heavy (non-hydrogen) atoms. The standard InChI is InChI=1S/C15H22N2/c1-3-9-16-10-4-11-17(13-12-16)15-7-5-14(2)6-8-15/h3,5-8H,1,4,9-13H2,2H3. The molecule has 0 radical (unpaired) electrons. The maximum atomic E-state index is 3.82. The van der Waals surface area contributed by atoms with E-state index in [0.29, 0.717) is 0 Å². The number of benzene rings is 1. The quantitative estimate of drug-likeness (QED) is 0.737. The van der Waals surface area contributed by atoms with Crippen molar-refractivity contribution in [2.75, 3.05) is 37.6 Å². The number of aryl methyl sites for hydroxylation is 1. The van der Waals surface area contributed by atoms with Crippen molar-refractivity contribution in [3.05, 3.63) is 42.5 Å². The van der Waals surface area contributed by atoms with Crippen molar-refractivity contribution in [1.82, 2.24) is 4.90 Å². The van der Waals surface area contributed by atoms with Crippen LogP contribution in [0, 0.1) is 6.92 Å². The molecule has 0 unspecified atom stereocenters. The summed E-state index contributed by atoms with van der Waals surface area (Å²) >= 11 is 0. The van der Waals surface area contributed by atoms with Crippen LogP contribution in [0.4, 0.5) is 5.69 Å². The molecular weight excluding hydrogens is 208 g/mol. The molecule has 2 nitrogen and oxygen atoms in total. The van der Waals surface area contributed by atoms with Crippen LogP contribution < -0.4 is 4.90 Å². The van der Waals surface area contributed by atoms with E-state index in [2.05, 4.69) is 47.6 Å². The molecule has 1 saturated heterocycles. The molecular formula is C15H22N2. The molecule has 0 atom stereocenters. The molecule has 1 aliphatic heterocycles. The Balaban J connectivity index is 1.98. The summed E-state index contributed by atoms with van der Waals surface area (Å²) in [6.45, 7) is 11.6. The van der Waals surface area contributed by atoms with Gasteiger partial charge < -0.3 is 4.90 Å². The highest BCUT2D eigenvalue weighted by Gasteiger charge is 2.13.